The molecule has 0 fully saturated rings. The van der Waals surface area contributed by atoms with Crippen LogP contribution in [0.2, 0.25) is 0 Å². The fraction of sp³-hybridized carbons (Fsp3) is 0.400. The van der Waals surface area contributed by atoms with Crippen molar-refractivity contribution in [3.63, 3.8) is 0 Å². The molecule has 0 aliphatic heterocycles. The van der Waals surface area contributed by atoms with E-state index < -0.39 is 0 Å². The van der Waals surface area contributed by atoms with Gasteiger partial charge in [-0.25, -0.2) is 9.50 Å². The Morgan fingerprint density at radius 3 is 2.74 bits per heavy atom. The second-order valence-corrected chi connectivity index (χ2v) is 9.55. The average Bonchev–Trinajstić information content (AvgIpc) is 3.49. The number of nitrogens with one attached hydrogen (secondary N) is 1. The molecule has 0 aliphatic rings. The first-order chi connectivity index (χ1) is 16.7. The molecule has 4 rings (SSSR count). The topological polar surface area (TPSA) is 111 Å². The van der Waals surface area contributed by atoms with E-state index in [1.54, 1.807) is 13.4 Å². The lowest BCUT2D eigenvalue weighted by Gasteiger charge is -2.15. The molecule has 0 atom stereocenters. The molecule has 0 unspecified atom stereocenters. The smallest absolute Gasteiger partial charge is 0.292 e. The third kappa shape index (κ3) is 5.32. The molecule has 3 aromatic heterocycles. The zero-order valence-corrected chi connectivity index (χ0v) is 21.0. The molecule has 0 saturated carbocycles. The second kappa shape index (κ2) is 9.83. The third-order valence-corrected chi connectivity index (χ3v) is 5.79. The first-order valence-corrected chi connectivity index (χ1v) is 11.4. The van der Waals surface area contributed by atoms with Crippen molar-refractivity contribution in [3.8, 4) is 11.3 Å². The Morgan fingerprint density at radius 2 is 2.06 bits per heavy atom. The average molecular weight is 478 g/mol. The van der Waals surface area contributed by atoms with Crippen LogP contribution in [-0.2, 0) is 16.7 Å². The molecule has 4 aromatic rings. The second-order valence-electron chi connectivity index (χ2n) is 9.55. The minimum absolute atomic E-state index is 0.0343. The van der Waals surface area contributed by atoms with Gasteiger partial charge in [-0.3, -0.25) is 4.79 Å². The van der Waals surface area contributed by atoms with Crippen molar-refractivity contribution in [1.29, 1.82) is 0 Å². The minimum atomic E-state index is -0.372. The van der Waals surface area contributed by atoms with Crippen molar-refractivity contribution < 1.29 is 14.1 Å². The van der Waals surface area contributed by atoms with Crippen LogP contribution in [0.4, 0.5) is 5.69 Å². The summed E-state index contributed by atoms with van der Waals surface area (Å²) in [5.41, 5.74) is 5.47. The highest BCUT2D eigenvalue weighted by atomic mass is 16.5. The summed E-state index contributed by atoms with van der Waals surface area (Å²) >= 11 is 0. The van der Waals surface area contributed by atoms with Gasteiger partial charge in [-0.05, 0) is 30.2 Å². The number of amides is 1. The van der Waals surface area contributed by atoms with Crippen LogP contribution in [0, 0.1) is 6.92 Å². The lowest BCUT2D eigenvalue weighted by molar-refractivity contribution is 0.0937. The Kier molecular flexibility index (Phi) is 6.83. The number of ether oxygens (including phenoxy) is 1. The van der Waals surface area contributed by atoms with Crippen LogP contribution in [0.25, 0.3) is 16.8 Å². The predicted octanol–water partition coefficient (Wildman–Crippen LogP) is 3.40. The van der Waals surface area contributed by atoms with Crippen molar-refractivity contribution >= 4 is 17.1 Å². The number of carbonyl (C=O) groups is 1. The lowest BCUT2D eigenvalue weighted by atomic mass is 9.97. The van der Waals surface area contributed by atoms with Crippen LogP contribution in [0.1, 0.15) is 48.4 Å². The maximum Gasteiger partial charge on any atom is 0.292 e. The van der Waals surface area contributed by atoms with E-state index in [0.29, 0.717) is 19.0 Å². The first-order valence-electron chi connectivity index (χ1n) is 11.4. The molecule has 1 N–H and O–H groups in total. The number of rotatable bonds is 8. The number of aryl methyl sites for hydroxylation is 1. The van der Waals surface area contributed by atoms with Crippen molar-refractivity contribution in [1.82, 2.24) is 30.1 Å². The summed E-state index contributed by atoms with van der Waals surface area (Å²) in [5, 5.41) is 11.0. The van der Waals surface area contributed by atoms with Crippen molar-refractivity contribution in [2.45, 2.75) is 39.7 Å². The number of likely N-dealkylation sites (N-methyl/N-ethyl adjacent to an activating group) is 1. The molecular formula is C25H31N7O3. The van der Waals surface area contributed by atoms with E-state index in [4.69, 9.17) is 9.26 Å². The van der Waals surface area contributed by atoms with Crippen LogP contribution >= 0.6 is 0 Å². The summed E-state index contributed by atoms with van der Waals surface area (Å²) < 4.78 is 12.2. The van der Waals surface area contributed by atoms with Gasteiger partial charge in [0, 0.05) is 38.2 Å². The van der Waals surface area contributed by atoms with Gasteiger partial charge in [0.1, 0.15) is 6.33 Å². The Labute approximate surface area is 204 Å². The molecule has 0 aliphatic carbocycles. The molecule has 35 heavy (non-hydrogen) atoms. The maximum absolute atomic E-state index is 12.5. The highest BCUT2D eigenvalue weighted by Crippen LogP contribution is 2.28. The van der Waals surface area contributed by atoms with Crippen molar-refractivity contribution in [2.75, 3.05) is 32.2 Å². The summed E-state index contributed by atoms with van der Waals surface area (Å²) in [6.07, 6.45) is 3.54. The lowest BCUT2D eigenvalue weighted by Crippen LogP contribution is -2.24. The highest BCUT2D eigenvalue weighted by molar-refractivity contribution is 5.90. The molecule has 1 aromatic carbocycles. The molecule has 0 radical (unpaired) electrons. The Morgan fingerprint density at radius 1 is 1.26 bits per heavy atom. The Bertz CT molecular complexity index is 1340. The van der Waals surface area contributed by atoms with Gasteiger partial charge in [0.15, 0.2) is 0 Å². The predicted molar refractivity (Wildman–Crippen MR) is 132 cm³/mol. The fourth-order valence-electron chi connectivity index (χ4n) is 3.62. The zero-order valence-electron chi connectivity index (χ0n) is 21.0. The number of methoxy groups -OCH3 is 1. The summed E-state index contributed by atoms with van der Waals surface area (Å²) in [5.74, 6) is 0.0911. The molecule has 1 amide bonds. The largest absolute Gasteiger partial charge is 0.383 e. The molecule has 0 bridgehead atoms. The van der Waals surface area contributed by atoms with Gasteiger partial charge in [-0.15, -0.1) is 0 Å². The number of aromatic nitrogens is 5. The van der Waals surface area contributed by atoms with Gasteiger partial charge in [-0.2, -0.15) is 10.1 Å². The maximum atomic E-state index is 12.5. The molecule has 3 heterocycles. The standard InChI is InChI=1S/C25H31N7O3/c1-16-11-17(21-20-12-19(31(5)9-10-34-6)14-32(20)28-15-27-21)7-8-18(16)13-26-23(33)22-29-24(35-30-22)25(2,3)4/h7-8,11-12,14-15H,9-10,13H2,1-6H3,(H,26,33). The summed E-state index contributed by atoms with van der Waals surface area (Å²) in [6.45, 7) is 9.63. The van der Waals surface area contributed by atoms with Gasteiger partial charge in [0.25, 0.3) is 11.7 Å². The normalized spacial score (nSPS) is 11.7. The number of benzene rings is 1. The molecule has 10 heteroatoms. The van der Waals surface area contributed by atoms with Gasteiger partial charge in [-0.1, -0.05) is 38.1 Å². The van der Waals surface area contributed by atoms with Crippen LogP contribution < -0.4 is 10.2 Å². The molecule has 0 saturated heterocycles. The number of anilines is 1. The number of hydrogen-bond donors (Lipinski definition) is 1. The van der Waals surface area contributed by atoms with Gasteiger partial charge < -0.3 is 19.5 Å². The van der Waals surface area contributed by atoms with Crippen LogP contribution in [-0.4, -0.2) is 58.0 Å². The van der Waals surface area contributed by atoms with E-state index >= 15 is 0 Å². The first kappa shape index (κ1) is 24.3. The number of hydrogen-bond acceptors (Lipinski definition) is 8. The Hall–Kier alpha value is -3.79. The number of fused-ring (bicyclic) bond motifs is 1. The van der Waals surface area contributed by atoms with Gasteiger partial charge in [0.05, 0.1) is 29.7 Å². The molecule has 0 spiro atoms. The third-order valence-electron chi connectivity index (χ3n) is 5.79. The zero-order chi connectivity index (χ0) is 25.2. The molecule has 184 valence electrons. The van der Waals surface area contributed by atoms with E-state index in [1.165, 1.54) is 0 Å². The number of carbonyl (C=O) groups excluding carboxylic acids is 1. The van der Waals surface area contributed by atoms with Crippen LogP contribution in [0.15, 0.2) is 41.3 Å². The number of nitrogens with zero attached hydrogens (tertiary/aromatic N) is 6. The quantitative estimate of drug-likeness (QED) is 0.411. The van der Waals surface area contributed by atoms with Crippen LogP contribution in [0.5, 0.6) is 0 Å². The van der Waals surface area contributed by atoms with E-state index in [1.807, 2.05) is 57.6 Å². The van der Waals surface area contributed by atoms with E-state index in [0.717, 1.165) is 40.1 Å². The van der Waals surface area contributed by atoms with Crippen molar-refractivity contribution in [3.05, 3.63) is 59.6 Å². The highest BCUT2D eigenvalue weighted by Gasteiger charge is 2.24. The van der Waals surface area contributed by atoms with Crippen molar-refractivity contribution in [2.24, 2.45) is 0 Å². The molecular weight excluding hydrogens is 446 g/mol. The Balaban J connectivity index is 1.50. The van der Waals surface area contributed by atoms with Gasteiger partial charge >= 0.3 is 0 Å². The minimum Gasteiger partial charge on any atom is -0.383 e. The summed E-state index contributed by atoms with van der Waals surface area (Å²) in [7, 11) is 3.71. The van der Waals surface area contributed by atoms with Gasteiger partial charge in [0.2, 0.25) is 5.89 Å². The molecule has 10 nitrogen and oxygen atoms in total. The van der Waals surface area contributed by atoms with Crippen LogP contribution in [0.3, 0.4) is 0 Å². The van der Waals surface area contributed by atoms with E-state index in [-0.39, 0.29) is 17.1 Å². The summed E-state index contributed by atoms with van der Waals surface area (Å²) in [6, 6.07) is 8.14. The fourth-order valence-corrected chi connectivity index (χ4v) is 3.62. The van der Waals surface area contributed by atoms with E-state index in [2.05, 4.69) is 42.6 Å². The van der Waals surface area contributed by atoms with E-state index in [9.17, 15) is 4.79 Å². The monoisotopic (exact) mass is 477 g/mol. The summed E-state index contributed by atoms with van der Waals surface area (Å²) in [4.78, 5) is 23.4. The SMILES string of the molecule is COCCN(C)c1cc2c(-c3ccc(CNC(=O)c4noc(C(C)(C)C)n4)c(C)c3)ncnn2c1.